The summed E-state index contributed by atoms with van der Waals surface area (Å²) in [6.07, 6.45) is 3.62. The number of hydrogen-bond acceptors (Lipinski definition) is 3. The normalized spacial score (nSPS) is 21.9. The van der Waals surface area contributed by atoms with Crippen LogP contribution in [0.3, 0.4) is 0 Å². The topological polar surface area (TPSA) is 28.1 Å². The molecule has 1 aromatic carbocycles. The van der Waals surface area contributed by atoms with Gasteiger partial charge in [0.05, 0.1) is 24.6 Å². The molecule has 0 atom stereocenters. The molecule has 4 nitrogen and oxygen atoms in total. The van der Waals surface area contributed by atoms with E-state index in [2.05, 4.69) is 42.0 Å². The lowest BCUT2D eigenvalue weighted by atomic mass is 10.1. The number of aliphatic imine (C=N–C) groups is 1. The van der Waals surface area contributed by atoms with Crippen molar-refractivity contribution in [2.24, 2.45) is 4.99 Å². The average Bonchev–Trinajstić information content (AvgIpc) is 2.51. The molecule has 4 heteroatoms. The quantitative estimate of drug-likeness (QED) is 0.837. The van der Waals surface area contributed by atoms with Crippen molar-refractivity contribution in [3.05, 3.63) is 23.8 Å². The van der Waals surface area contributed by atoms with Gasteiger partial charge in [-0.25, -0.2) is 4.99 Å². The second kappa shape index (κ2) is 6.48. The largest absolute Gasteiger partial charge is 0.378 e. The van der Waals surface area contributed by atoms with Crippen molar-refractivity contribution in [2.45, 2.75) is 26.2 Å². The molecule has 0 aliphatic carbocycles. The number of nitrogens with zero attached hydrogens (tertiary/aromatic N) is 3. The predicted octanol–water partition coefficient (Wildman–Crippen LogP) is 2.98. The Hall–Kier alpha value is -1.55. The first kappa shape index (κ1) is 14.4. The molecule has 0 aromatic heterocycles. The van der Waals surface area contributed by atoms with Crippen molar-refractivity contribution in [3.63, 3.8) is 0 Å². The van der Waals surface area contributed by atoms with Crippen LogP contribution in [0.5, 0.6) is 0 Å². The molecule has 2 fully saturated rings. The van der Waals surface area contributed by atoms with E-state index in [1.807, 2.05) is 0 Å². The van der Waals surface area contributed by atoms with Crippen molar-refractivity contribution >= 4 is 17.2 Å². The van der Waals surface area contributed by atoms with E-state index in [0.717, 1.165) is 45.0 Å². The Morgan fingerprint density at radius 3 is 2.67 bits per heavy atom. The third-order valence-corrected chi connectivity index (χ3v) is 4.32. The van der Waals surface area contributed by atoms with E-state index in [1.54, 1.807) is 0 Å². The first-order valence-corrected chi connectivity index (χ1v) is 7.96. The zero-order valence-corrected chi connectivity index (χ0v) is 13.1. The molecule has 2 heterocycles. The maximum atomic E-state index is 5.47. The van der Waals surface area contributed by atoms with Crippen molar-refractivity contribution in [3.8, 4) is 0 Å². The lowest BCUT2D eigenvalue weighted by Crippen LogP contribution is -2.36. The van der Waals surface area contributed by atoms with E-state index in [-0.39, 0.29) is 0 Å². The lowest BCUT2D eigenvalue weighted by Gasteiger charge is -2.31. The van der Waals surface area contributed by atoms with Gasteiger partial charge in [-0.2, -0.15) is 0 Å². The number of ether oxygens (including phenoxy) is 1. The van der Waals surface area contributed by atoms with E-state index >= 15 is 0 Å². The monoisotopic (exact) mass is 287 g/mol. The standard InChI is InChI=1S/C17H25N3O/c1-14-6-7-16(20-9-11-21-12-10-20)15(13-14)18-17-5-3-4-8-19(17)2/h6-7,13H,3-5,8-12H2,1-2H3. The lowest BCUT2D eigenvalue weighted by molar-refractivity contribution is 0.123. The van der Waals surface area contributed by atoms with Crippen LogP contribution in [0, 0.1) is 6.92 Å². The van der Waals surface area contributed by atoms with Gasteiger partial charge in [0.25, 0.3) is 0 Å². The molecule has 2 saturated heterocycles. The summed E-state index contributed by atoms with van der Waals surface area (Å²) in [7, 11) is 2.15. The number of hydrogen-bond donors (Lipinski definition) is 0. The summed E-state index contributed by atoms with van der Waals surface area (Å²) in [6.45, 7) is 6.79. The van der Waals surface area contributed by atoms with Gasteiger partial charge in [-0.1, -0.05) is 6.07 Å². The van der Waals surface area contributed by atoms with Crippen LogP contribution in [-0.2, 0) is 4.74 Å². The van der Waals surface area contributed by atoms with Gasteiger partial charge in [0, 0.05) is 33.1 Å². The summed E-state index contributed by atoms with van der Waals surface area (Å²) in [5, 5.41) is 0. The molecule has 3 rings (SSSR count). The Morgan fingerprint density at radius 2 is 1.90 bits per heavy atom. The second-order valence-corrected chi connectivity index (χ2v) is 6.00. The van der Waals surface area contributed by atoms with Gasteiger partial charge in [-0.05, 0) is 37.5 Å². The highest BCUT2D eigenvalue weighted by molar-refractivity contribution is 5.87. The third-order valence-electron chi connectivity index (χ3n) is 4.32. The zero-order valence-electron chi connectivity index (χ0n) is 13.1. The van der Waals surface area contributed by atoms with Crippen LogP contribution in [0.1, 0.15) is 24.8 Å². The molecule has 1 aromatic rings. The first-order chi connectivity index (χ1) is 10.2. The number of amidine groups is 1. The summed E-state index contributed by atoms with van der Waals surface area (Å²) in [5.74, 6) is 1.22. The first-order valence-electron chi connectivity index (χ1n) is 7.96. The summed E-state index contributed by atoms with van der Waals surface area (Å²) >= 11 is 0. The number of piperidine rings is 1. The minimum atomic E-state index is 0.809. The van der Waals surface area contributed by atoms with Gasteiger partial charge >= 0.3 is 0 Å². The highest BCUT2D eigenvalue weighted by Gasteiger charge is 2.17. The minimum Gasteiger partial charge on any atom is -0.378 e. The van der Waals surface area contributed by atoms with E-state index in [1.165, 1.54) is 29.9 Å². The van der Waals surface area contributed by atoms with E-state index < -0.39 is 0 Å². The fourth-order valence-corrected chi connectivity index (χ4v) is 3.03. The van der Waals surface area contributed by atoms with Gasteiger partial charge in [0.15, 0.2) is 0 Å². The summed E-state index contributed by atoms with van der Waals surface area (Å²) < 4.78 is 5.47. The molecule has 21 heavy (non-hydrogen) atoms. The third kappa shape index (κ3) is 3.38. The van der Waals surface area contributed by atoms with Crippen LogP contribution in [0.15, 0.2) is 23.2 Å². The number of benzene rings is 1. The van der Waals surface area contributed by atoms with Crippen molar-refractivity contribution in [1.29, 1.82) is 0 Å². The van der Waals surface area contributed by atoms with Gasteiger partial charge < -0.3 is 14.5 Å². The van der Waals surface area contributed by atoms with Crippen LogP contribution in [0.25, 0.3) is 0 Å². The van der Waals surface area contributed by atoms with Crippen LogP contribution < -0.4 is 4.90 Å². The van der Waals surface area contributed by atoms with E-state index in [0.29, 0.717) is 0 Å². The molecule has 2 aliphatic rings. The van der Waals surface area contributed by atoms with Crippen molar-refractivity contribution in [1.82, 2.24) is 4.90 Å². The average molecular weight is 287 g/mol. The SMILES string of the molecule is Cc1ccc(N2CCOCC2)c(N=C2CCCCN2C)c1. The fourth-order valence-electron chi connectivity index (χ4n) is 3.03. The summed E-state index contributed by atoms with van der Waals surface area (Å²) in [6, 6.07) is 6.60. The van der Waals surface area contributed by atoms with Gasteiger partial charge in [-0.3, -0.25) is 0 Å². The van der Waals surface area contributed by atoms with Crippen LogP contribution >= 0.6 is 0 Å². The second-order valence-electron chi connectivity index (χ2n) is 6.00. The highest BCUT2D eigenvalue weighted by Crippen LogP contribution is 2.31. The zero-order chi connectivity index (χ0) is 14.7. The molecule has 0 unspecified atom stereocenters. The molecule has 0 N–H and O–H groups in total. The van der Waals surface area contributed by atoms with Gasteiger partial charge in [0.1, 0.15) is 5.84 Å². The smallest absolute Gasteiger partial charge is 0.105 e. The van der Waals surface area contributed by atoms with Gasteiger partial charge in [-0.15, -0.1) is 0 Å². The maximum Gasteiger partial charge on any atom is 0.105 e. The number of aryl methyl sites for hydroxylation is 1. The number of morpholine rings is 1. The maximum absolute atomic E-state index is 5.47. The molecule has 0 bridgehead atoms. The Balaban J connectivity index is 1.92. The van der Waals surface area contributed by atoms with Crippen LogP contribution in [0.4, 0.5) is 11.4 Å². The fraction of sp³-hybridized carbons (Fsp3) is 0.588. The molecule has 2 aliphatic heterocycles. The number of anilines is 1. The highest BCUT2D eigenvalue weighted by atomic mass is 16.5. The van der Waals surface area contributed by atoms with Crippen LogP contribution in [-0.4, -0.2) is 50.6 Å². The molecule has 0 amide bonds. The molecule has 0 saturated carbocycles. The summed E-state index contributed by atoms with van der Waals surface area (Å²) in [5.41, 5.74) is 3.63. The van der Waals surface area contributed by atoms with Gasteiger partial charge in [0.2, 0.25) is 0 Å². The summed E-state index contributed by atoms with van der Waals surface area (Å²) in [4.78, 5) is 9.69. The molecule has 0 radical (unpaired) electrons. The molecule has 0 spiro atoms. The van der Waals surface area contributed by atoms with Crippen molar-refractivity contribution < 1.29 is 4.74 Å². The molecular formula is C17H25N3O. The number of likely N-dealkylation sites (tertiary alicyclic amines) is 1. The van der Waals surface area contributed by atoms with Crippen molar-refractivity contribution in [2.75, 3.05) is 44.8 Å². The Labute approximate surface area is 127 Å². The van der Waals surface area contributed by atoms with E-state index in [9.17, 15) is 0 Å². The molecular weight excluding hydrogens is 262 g/mol. The predicted molar refractivity (Wildman–Crippen MR) is 87.8 cm³/mol. The van der Waals surface area contributed by atoms with Crippen LogP contribution in [0.2, 0.25) is 0 Å². The minimum absolute atomic E-state index is 0.809. The Morgan fingerprint density at radius 1 is 1.10 bits per heavy atom. The Bertz CT molecular complexity index is 521. The van der Waals surface area contributed by atoms with E-state index in [4.69, 9.17) is 9.73 Å². The number of rotatable bonds is 2. The Kier molecular flexibility index (Phi) is 4.44. The molecule has 114 valence electrons.